The van der Waals surface area contributed by atoms with Gasteiger partial charge in [0.25, 0.3) is 0 Å². The van der Waals surface area contributed by atoms with Crippen LogP contribution in [0.5, 0.6) is 5.75 Å². The first-order chi connectivity index (χ1) is 6.27. The average Bonchev–Trinajstić information content (AvgIpc) is 2.56. The molecule has 2 aromatic rings. The lowest BCUT2D eigenvalue weighted by Crippen LogP contribution is -1.81. The fourth-order valence-electron chi connectivity index (χ4n) is 1.14. The summed E-state index contributed by atoms with van der Waals surface area (Å²) >= 11 is 0. The van der Waals surface area contributed by atoms with Crippen molar-refractivity contribution in [3.63, 3.8) is 0 Å². The van der Waals surface area contributed by atoms with E-state index in [1.807, 2.05) is 0 Å². The van der Waals surface area contributed by atoms with Crippen LogP contribution in [0.4, 0.5) is 4.39 Å². The Bertz CT molecular complexity index is 412. The number of rotatable bonds is 1. The fourth-order valence-corrected chi connectivity index (χ4v) is 1.14. The van der Waals surface area contributed by atoms with E-state index in [2.05, 4.69) is 10.2 Å². The van der Waals surface area contributed by atoms with Gasteiger partial charge < -0.3 is 5.11 Å². The van der Waals surface area contributed by atoms with Gasteiger partial charge in [-0.3, -0.25) is 5.10 Å². The Morgan fingerprint density at radius 3 is 2.77 bits per heavy atom. The molecule has 0 amide bonds. The molecule has 66 valence electrons. The van der Waals surface area contributed by atoms with Gasteiger partial charge in [-0.2, -0.15) is 5.10 Å². The van der Waals surface area contributed by atoms with Crippen molar-refractivity contribution in [1.82, 2.24) is 10.2 Å². The highest BCUT2D eigenvalue weighted by Gasteiger charge is 2.05. The minimum Gasteiger partial charge on any atom is -0.507 e. The lowest BCUT2D eigenvalue weighted by Gasteiger charge is -2.00. The molecule has 1 heterocycles. The van der Waals surface area contributed by atoms with Crippen molar-refractivity contribution in [2.45, 2.75) is 0 Å². The fraction of sp³-hybridized carbons (Fsp3) is 0. The minimum atomic E-state index is -0.458. The second-order valence-electron chi connectivity index (χ2n) is 2.63. The van der Waals surface area contributed by atoms with Crippen LogP contribution >= 0.6 is 0 Å². The summed E-state index contributed by atoms with van der Waals surface area (Å²) in [6.45, 7) is 0. The Balaban J connectivity index is 2.53. The summed E-state index contributed by atoms with van der Waals surface area (Å²) in [5.74, 6) is -0.551. The van der Waals surface area contributed by atoms with Crippen LogP contribution in [0.1, 0.15) is 0 Å². The molecule has 0 saturated carbocycles. The summed E-state index contributed by atoms with van der Waals surface area (Å²) in [7, 11) is 0. The Kier molecular flexibility index (Phi) is 1.73. The summed E-state index contributed by atoms with van der Waals surface area (Å²) in [5, 5.41) is 15.8. The van der Waals surface area contributed by atoms with Crippen molar-refractivity contribution in [2.24, 2.45) is 0 Å². The number of nitrogens with one attached hydrogen (secondary N) is 1. The van der Waals surface area contributed by atoms with Crippen LogP contribution in [0.3, 0.4) is 0 Å². The molecule has 13 heavy (non-hydrogen) atoms. The lowest BCUT2D eigenvalue weighted by atomic mass is 10.1. The molecule has 0 aliphatic carbocycles. The predicted octanol–water partition coefficient (Wildman–Crippen LogP) is 1.92. The van der Waals surface area contributed by atoms with E-state index < -0.39 is 5.82 Å². The van der Waals surface area contributed by atoms with Gasteiger partial charge >= 0.3 is 0 Å². The van der Waals surface area contributed by atoms with E-state index in [1.165, 1.54) is 12.1 Å². The number of phenols is 1. The number of aromatic hydroxyl groups is 1. The second-order valence-corrected chi connectivity index (χ2v) is 2.63. The summed E-state index contributed by atoms with van der Waals surface area (Å²) < 4.78 is 12.6. The lowest BCUT2D eigenvalue weighted by molar-refractivity contribution is 0.471. The van der Waals surface area contributed by atoms with Crippen LogP contribution in [0.25, 0.3) is 11.3 Å². The average molecular weight is 178 g/mol. The topological polar surface area (TPSA) is 48.9 Å². The summed E-state index contributed by atoms with van der Waals surface area (Å²) in [6.07, 6.45) is 1.57. The molecule has 0 bridgehead atoms. The van der Waals surface area contributed by atoms with Gasteiger partial charge in [0.1, 0.15) is 11.6 Å². The normalized spacial score (nSPS) is 10.2. The number of nitrogens with zero attached hydrogens (tertiary/aromatic N) is 1. The number of H-pyrrole nitrogens is 1. The number of aromatic nitrogens is 2. The van der Waals surface area contributed by atoms with E-state index in [4.69, 9.17) is 0 Å². The molecule has 0 atom stereocenters. The quantitative estimate of drug-likeness (QED) is 0.700. The first kappa shape index (κ1) is 7.79. The Labute approximate surface area is 73.8 Å². The maximum atomic E-state index is 12.6. The van der Waals surface area contributed by atoms with E-state index in [0.29, 0.717) is 11.3 Å². The number of hydrogen-bond donors (Lipinski definition) is 2. The van der Waals surface area contributed by atoms with Gasteiger partial charge in [0, 0.05) is 17.8 Å². The van der Waals surface area contributed by atoms with Gasteiger partial charge in [0.05, 0.1) is 5.69 Å². The third-order valence-electron chi connectivity index (χ3n) is 1.75. The van der Waals surface area contributed by atoms with E-state index in [-0.39, 0.29) is 5.75 Å². The Hall–Kier alpha value is -1.84. The van der Waals surface area contributed by atoms with E-state index in [9.17, 15) is 9.50 Å². The zero-order valence-electron chi connectivity index (χ0n) is 6.66. The summed E-state index contributed by atoms with van der Waals surface area (Å²) in [5.41, 5.74) is 1.21. The largest absolute Gasteiger partial charge is 0.507 e. The molecule has 0 fully saturated rings. The first-order valence-corrected chi connectivity index (χ1v) is 3.75. The highest BCUT2D eigenvalue weighted by atomic mass is 19.1. The van der Waals surface area contributed by atoms with Crippen molar-refractivity contribution >= 4 is 0 Å². The molecule has 0 aliphatic rings. The molecule has 1 aromatic heterocycles. The molecule has 0 radical (unpaired) electrons. The summed E-state index contributed by atoms with van der Waals surface area (Å²) in [4.78, 5) is 0. The van der Waals surface area contributed by atoms with Gasteiger partial charge in [-0.05, 0) is 18.2 Å². The van der Waals surface area contributed by atoms with Crippen molar-refractivity contribution < 1.29 is 9.50 Å². The Morgan fingerprint density at radius 1 is 1.31 bits per heavy atom. The third-order valence-corrected chi connectivity index (χ3v) is 1.75. The molecule has 0 unspecified atom stereocenters. The number of halogens is 1. The van der Waals surface area contributed by atoms with Crippen LogP contribution < -0.4 is 0 Å². The molecule has 2 N–H and O–H groups in total. The number of hydrogen-bond acceptors (Lipinski definition) is 2. The van der Waals surface area contributed by atoms with Crippen LogP contribution in [0.2, 0.25) is 0 Å². The molecule has 1 aromatic carbocycles. The molecule has 0 aliphatic heterocycles. The van der Waals surface area contributed by atoms with Crippen LogP contribution in [-0.2, 0) is 0 Å². The standard InChI is InChI=1S/C9H7FN2O/c10-6-1-2-7(9(13)5-6)8-3-4-11-12-8/h1-5,13H,(H,11,12). The van der Waals surface area contributed by atoms with Gasteiger partial charge in [-0.15, -0.1) is 0 Å². The van der Waals surface area contributed by atoms with Crippen molar-refractivity contribution in [2.75, 3.05) is 0 Å². The monoisotopic (exact) mass is 178 g/mol. The SMILES string of the molecule is Oc1cc(F)ccc1-c1ccn[nH]1. The highest BCUT2D eigenvalue weighted by Crippen LogP contribution is 2.27. The molecule has 3 nitrogen and oxygen atoms in total. The molecule has 4 heteroatoms. The maximum absolute atomic E-state index is 12.6. The van der Waals surface area contributed by atoms with E-state index >= 15 is 0 Å². The summed E-state index contributed by atoms with van der Waals surface area (Å²) in [6, 6.07) is 5.55. The zero-order chi connectivity index (χ0) is 9.26. The highest BCUT2D eigenvalue weighted by molar-refractivity contribution is 5.66. The molecule has 0 spiro atoms. The molecule has 0 saturated heterocycles. The molecular formula is C9H7FN2O. The van der Waals surface area contributed by atoms with Crippen molar-refractivity contribution in [1.29, 1.82) is 0 Å². The smallest absolute Gasteiger partial charge is 0.127 e. The van der Waals surface area contributed by atoms with Crippen molar-refractivity contribution in [3.05, 3.63) is 36.3 Å². The number of benzene rings is 1. The molecule has 2 rings (SSSR count). The van der Waals surface area contributed by atoms with Gasteiger partial charge in [-0.25, -0.2) is 4.39 Å². The number of aromatic amines is 1. The van der Waals surface area contributed by atoms with Gasteiger partial charge in [-0.1, -0.05) is 0 Å². The number of phenolic OH excluding ortho intramolecular Hbond substituents is 1. The van der Waals surface area contributed by atoms with E-state index in [0.717, 1.165) is 6.07 Å². The molecular weight excluding hydrogens is 171 g/mol. The predicted molar refractivity (Wildman–Crippen MR) is 45.6 cm³/mol. The van der Waals surface area contributed by atoms with Crippen molar-refractivity contribution in [3.8, 4) is 17.0 Å². The van der Waals surface area contributed by atoms with Crippen LogP contribution in [0, 0.1) is 5.82 Å². The second kappa shape index (κ2) is 2.90. The Morgan fingerprint density at radius 2 is 2.15 bits per heavy atom. The van der Waals surface area contributed by atoms with Crippen LogP contribution in [0.15, 0.2) is 30.5 Å². The van der Waals surface area contributed by atoms with Gasteiger partial charge in [0.2, 0.25) is 0 Å². The zero-order valence-corrected chi connectivity index (χ0v) is 6.66. The first-order valence-electron chi connectivity index (χ1n) is 3.75. The third kappa shape index (κ3) is 1.38. The van der Waals surface area contributed by atoms with Gasteiger partial charge in [0.15, 0.2) is 0 Å². The van der Waals surface area contributed by atoms with Crippen LogP contribution in [-0.4, -0.2) is 15.3 Å². The minimum absolute atomic E-state index is 0.0933. The van der Waals surface area contributed by atoms with E-state index in [1.54, 1.807) is 12.3 Å². The maximum Gasteiger partial charge on any atom is 0.127 e.